The number of carbonyl (C=O) groups excluding carboxylic acids is 1. The second-order valence-electron chi connectivity index (χ2n) is 6.08. The molecule has 2 nitrogen and oxygen atoms in total. The number of thioether (sulfide) groups is 1. The van der Waals surface area contributed by atoms with E-state index < -0.39 is 0 Å². The van der Waals surface area contributed by atoms with E-state index in [1.807, 2.05) is 60.7 Å². The van der Waals surface area contributed by atoms with Gasteiger partial charge >= 0.3 is 0 Å². The highest BCUT2D eigenvalue weighted by Gasteiger charge is 2.25. The SMILES string of the molecule is O=C(Sc1ccccc1)C(NC1CCCCC1)c1ccccc1. The first kappa shape index (κ1) is 16.3. The maximum absolute atomic E-state index is 12.9. The molecule has 3 heteroatoms. The number of carbonyl (C=O) groups is 1. The van der Waals surface area contributed by atoms with Crippen molar-refractivity contribution in [3.8, 4) is 0 Å². The lowest BCUT2D eigenvalue weighted by Crippen LogP contribution is -2.37. The van der Waals surface area contributed by atoms with Crippen molar-refractivity contribution in [1.82, 2.24) is 5.32 Å². The fraction of sp³-hybridized carbons (Fsp3) is 0.350. The standard InChI is InChI=1S/C20H23NOS/c22-20(23-18-14-8-3-9-15-18)19(16-10-4-1-5-11-16)21-17-12-6-2-7-13-17/h1,3-5,8-11,14-15,17,19,21H,2,6-7,12-13H2. The second kappa shape index (κ2) is 8.32. The Morgan fingerprint density at radius 1 is 0.913 bits per heavy atom. The summed E-state index contributed by atoms with van der Waals surface area (Å²) in [7, 11) is 0. The predicted molar refractivity (Wildman–Crippen MR) is 96.5 cm³/mol. The lowest BCUT2D eigenvalue weighted by molar-refractivity contribution is -0.113. The van der Waals surface area contributed by atoms with Crippen LogP contribution in [0.1, 0.15) is 43.7 Å². The third-order valence-electron chi connectivity index (χ3n) is 4.34. The van der Waals surface area contributed by atoms with Gasteiger partial charge in [0.25, 0.3) is 0 Å². The Balaban J connectivity index is 1.75. The highest BCUT2D eigenvalue weighted by Crippen LogP contribution is 2.28. The molecule has 1 aliphatic carbocycles. The van der Waals surface area contributed by atoms with Crippen LogP contribution in [0.25, 0.3) is 0 Å². The molecule has 0 saturated heterocycles. The number of benzene rings is 2. The molecule has 3 rings (SSSR count). The molecule has 1 atom stereocenters. The van der Waals surface area contributed by atoms with Crippen LogP contribution in [0.15, 0.2) is 65.6 Å². The van der Waals surface area contributed by atoms with Gasteiger partial charge in [0.1, 0.15) is 6.04 Å². The summed E-state index contributed by atoms with van der Waals surface area (Å²) in [6, 6.07) is 20.2. The molecule has 0 heterocycles. The maximum Gasteiger partial charge on any atom is 0.215 e. The first-order valence-corrected chi connectivity index (χ1v) is 9.22. The number of rotatable bonds is 5. The first-order valence-electron chi connectivity index (χ1n) is 8.40. The Bertz CT molecular complexity index is 608. The highest BCUT2D eigenvalue weighted by molar-refractivity contribution is 8.13. The molecular weight excluding hydrogens is 302 g/mol. The van der Waals surface area contributed by atoms with Gasteiger partial charge in [0.15, 0.2) is 0 Å². The van der Waals surface area contributed by atoms with E-state index >= 15 is 0 Å². The monoisotopic (exact) mass is 325 g/mol. The molecule has 120 valence electrons. The van der Waals surface area contributed by atoms with Crippen LogP contribution in [0.2, 0.25) is 0 Å². The first-order chi connectivity index (χ1) is 11.3. The third kappa shape index (κ3) is 4.69. The van der Waals surface area contributed by atoms with Crippen molar-refractivity contribution < 1.29 is 4.79 Å². The van der Waals surface area contributed by atoms with E-state index in [4.69, 9.17) is 0 Å². The molecule has 0 bridgehead atoms. The van der Waals surface area contributed by atoms with Crippen LogP contribution >= 0.6 is 11.8 Å². The molecule has 0 aromatic heterocycles. The van der Waals surface area contributed by atoms with Crippen molar-refractivity contribution in [3.05, 3.63) is 66.2 Å². The number of hydrogen-bond donors (Lipinski definition) is 1. The quantitative estimate of drug-likeness (QED) is 0.787. The third-order valence-corrected chi connectivity index (χ3v) is 5.28. The van der Waals surface area contributed by atoms with Gasteiger partial charge in [0.05, 0.1) is 0 Å². The molecular formula is C20H23NOS. The Hall–Kier alpha value is -1.58. The minimum absolute atomic E-state index is 0.174. The summed E-state index contributed by atoms with van der Waals surface area (Å²) in [5.41, 5.74) is 1.06. The molecule has 1 saturated carbocycles. The van der Waals surface area contributed by atoms with Crippen molar-refractivity contribution in [2.45, 2.75) is 49.1 Å². The van der Waals surface area contributed by atoms with Crippen LogP contribution in [0.5, 0.6) is 0 Å². The van der Waals surface area contributed by atoms with Gasteiger partial charge in [0, 0.05) is 10.9 Å². The topological polar surface area (TPSA) is 29.1 Å². The smallest absolute Gasteiger partial charge is 0.215 e. The zero-order valence-corrected chi connectivity index (χ0v) is 14.1. The van der Waals surface area contributed by atoms with Crippen molar-refractivity contribution in [2.24, 2.45) is 0 Å². The summed E-state index contributed by atoms with van der Waals surface area (Å²) in [5.74, 6) is 0. The van der Waals surface area contributed by atoms with Gasteiger partial charge in [-0.25, -0.2) is 0 Å². The van der Waals surface area contributed by atoms with Crippen molar-refractivity contribution in [1.29, 1.82) is 0 Å². The minimum atomic E-state index is -0.232. The molecule has 0 spiro atoms. The van der Waals surface area contributed by atoms with E-state index in [1.165, 1.54) is 43.9 Å². The normalized spacial score (nSPS) is 16.9. The fourth-order valence-electron chi connectivity index (χ4n) is 3.11. The van der Waals surface area contributed by atoms with Crippen LogP contribution in [-0.2, 0) is 4.79 Å². The second-order valence-corrected chi connectivity index (χ2v) is 7.16. The zero-order valence-electron chi connectivity index (χ0n) is 13.3. The maximum atomic E-state index is 12.9. The molecule has 23 heavy (non-hydrogen) atoms. The van der Waals surface area contributed by atoms with E-state index in [0.717, 1.165) is 10.5 Å². The molecule has 1 N–H and O–H groups in total. The van der Waals surface area contributed by atoms with E-state index in [-0.39, 0.29) is 11.2 Å². The average molecular weight is 325 g/mol. The summed E-state index contributed by atoms with van der Waals surface area (Å²) in [5, 5.41) is 3.80. The van der Waals surface area contributed by atoms with Gasteiger partial charge in [0.2, 0.25) is 5.12 Å². The highest BCUT2D eigenvalue weighted by atomic mass is 32.2. The van der Waals surface area contributed by atoms with Gasteiger partial charge in [-0.05, 0) is 42.3 Å². The molecule has 1 fully saturated rings. The van der Waals surface area contributed by atoms with Crippen molar-refractivity contribution in [3.63, 3.8) is 0 Å². The molecule has 1 aliphatic rings. The van der Waals surface area contributed by atoms with Crippen molar-refractivity contribution >= 4 is 16.9 Å². The summed E-state index contributed by atoms with van der Waals surface area (Å²) in [6.45, 7) is 0. The van der Waals surface area contributed by atoms with E-state index in [2.05, 4.69) is 5.32 Å². The van der Waals surface area contributed by atoms with Crippen LogP contribution in [0.4, 0.5) is 0 Å². The van der Waals surface area contributed by atoms with Gasteiger partial charge in [-0.15, -0.1) is 0 Å². The van der Waals surface area contributed by atoms with Crippen LogP contribution in [0, 0.1) is 0 Å². The molecule has 0 amide bonds. The van der Waals surface area contributed by atoms with Crippen LogP contribution in [0.3, 0.4) is 0 Å². The Morgan fingerprint density at radius 3 is 2.17 bits per heavy atom. The number of nitrogens with one attached hydrogen (secondary N) is 1. The Kier molecular flexibility index (Phi) is 5.89. The lowest BCUT2D eigenvalue weighted by Gasteiger charge is -2.28. The van der Waals surface area contributed by atoms with Crippen molar-refractivity contribution in [2.75, 3.05) is 0 Å². The summed E-state index contributed by atoms with van der Waals surface area (Å²) in [6.07, 6.45) is 6.19. The zero-order chi connectivity index (χ0) is 15.9. The molecule has 0 aliphatic heterocycles. The van der Waals surface area contributed by atoms with E-state index in [0.29, 0.717) is 6.04 Å². The van der Waals surface area contributed by atoms with Crippen LogP contribution in [-0.4, -0.2) is 11.2 Å². The molecule has 0 radical (unpaired) electrons. The van der Waals surface area contributed by atoms with E-state index in [9.17, 15) is 4.79 Å². The number of hydrogen-bond acceptors (Lipinski definition) is 3. The largest absolute Gasteiger partial charge is 0.300 e. The average Bonchev–Trinajstić information content (AvgIpc) is 2.62. The Morgan fingerprint density at radius 2 is 1.52 bits per heavy atom. The summed E-state index contributed by atoms with van der Waals surface area (Å²) < 4.78 is 0. The summed E-state index contributed by atoms with van der Waals surface area (Å²) in [4.78, 5) is 13.9. The van der Waals surface area contributed by atoms with Gasteiger partial charge in [-0.2, -0.15) is 0 Å². The van der Waals surface area contributed by atoms with Crippen LogP contribution < -0.4 is 5.32 Å². The lowest BCUT2D eigenvalue weighted by atomic mass is 9.94. The Labute approximate surface area is 142 Å². The minimum Gasteiger partial charge on any atom is -0.300 e. The molecule has 2 aromatic rings. The van der Waals surface area contributed by atoms with Gasteiger partial charge in [-0.1, -0.05) is 67.8 Å². The fourth-order valence-corrected chi connectivity index (χ4v) is 3.96. The van der Waals surface area contributed by atoms with Gasteiger partial charge in [-0.3, -0.25) is 4.79 Å². The molecule has 2 aromatic carbocycles. The van der Waals surface area contributed by atoms with E-state index in [1.54, 1.807) is 0 Å². The van der Waals surface area contributed by atoms with Gasteiger partial charge < -0.3 is 5.32 Å². The summed E-state index contributed by atoms with van der Waals surface area (Å²) >= 11 is 1.33. The predicted octanol–water partition coefficient (Wildman–Crippen LogP) is 4.97. The molecule has 1 unspecified atom stereocenters.